The molecule has 6 aromatic rings. The molecule has 4 heteroatoms. The van der Waals surface area contributed by atoms with Crippen molar-refractivity contribution < 1.29 is 0 Å². The molecule has 4 aromatic heterocycles. The van der Waals surface area contributed by atoms with Gasteiger partial charge >= 0.3 is 0 Å². The maximum Gasteiger partial charge on any atom is 0.0527 e. The molecule has 0 fully saturated rings. The molecule has 0 spiro atoms. The van der Waals surface area contributed by atoms with Crippen LogP contribution < -0.4 is 0 Å². The van der Waals surface area contributed by atoms with E-state index >= 15 is 0 Å². The van der Waals surface area contributed by atoms with Crippen LogP contribution in [0.3, 0.4) is 0 Å². The summed E-state index contributed by atoms with van der Waals surface area (Å²) in [6, 6.07) is 9.11. The van der Waals surface area contributed by atoms with Crippen molar-refractivity contribution in [2.75, 3.05) is 0 Å². The van der Waals surface area contributed by atoms with Gasteiger partial charge in [0.1, 0.15) is 0 Å². The van der Waals surface area contributed by atoms with Gasteiger partial charge in [0.05, 0.1) is 18.8 Å². The van der Waals surface area contributed by atoms with Crippen LogP contribution in [0, 0.1) is 0 Å². The molecule has 2 aromatic carbocycles. The Morgan fingerprint density at radius 2 is 0.607 bits per heavy atom. The highest BCUT2D eigenvalue weighted by molar-refractivity contribution is 7.26. The van der Waals surface area contributed by atoms with E-state index in [1.165, 1.54) is 62.6 Å². The molecule has 0 saturated carbocycles. The zero-order valence-electron chi connectivity index (χ0n) is 14.6. The van der Waals surface area contributed by atoms with Gasteiger partial charge in [-0.3, -0.25) is 0 Å². The fourth-order valence-corrected chi connectivity index (χ4v) is 8.45. The maximum absolute atomic E-state index is 2.35. The van der Waals surface area contributed by atoms with Crippen LogP contribution in [0.4, 0.5) is 0 Å². The van der Waals surface area contributed by atoms with Crippen LogP contribution in [0.15, 0.2) is 45.8 Å². The second-order valence-electron chi connectivity index (χ2n) is 6.97. The highest BCUT2D eigenvalue weighted by Crippen LogP contribution is 2.44. The fourth-order valence-electron chi connectivity index (χ4n) is 4.42. The van der Waals surface area contributed by atoms with Gasteiger partial charge in [0.2, 0.25) is 0 Å². The standard InChI is InChI=1S/C24H12S4/c1-2-14-16(20-8-12-28-24(20)22-18(14)6-10-26-22)4-3-15-13(1)17-5-9-25-21(17)23-19(15)7-11-27-23/h1-12H/b2-1-,4-3-,13-1?,14-2?,15-3?,16-4?. The molecule has 0 bridgehead atoms. The van der Waals surface area contributed by atoms with E-state index in [9.17, 15) is 0 Å². The summed E-state index contributed by atoms with van der Waals surface area (Å²) in [5.74, 6) is 0. The second-order valence-corrected chi connectivity index (χ2v) is 10.6. The summed E-state index contributed by atoms with van der Waals surface area (Å²) >= 11 is 7.42. The average Bonchev–Trinajstić information content (AvgIpc) is 3.46. The maximum atomic E-state index is 2.35. The summed E-state index contributed by atoms with van der Waals surface area (Å²) in [4.78, 5) is 0. The lowest BCUT2D eigenvalue weighted by Gasteiger charge is -2.13. The summed E-state index contributed by atoms with van der Waals surface area (Å²) < 4.78 is 5.65. The molecule has 0 atom stereocenters. The molecule has 0 saturated heterocycles. The molecular formula is C24H12S4. The van der Waals surface area contributed by atoms with Crippen LogP contribution >= 0.6 is 45.3 Å². The van der Waals surface area contributed by atoms with Crippen LogP contribution in [0.1, 0.15) is 22.3 Å². The minimum Gasteiger partial charge on any atom is -0.142 e. The van der Waals surface area contributed by atoms with Crippen molar-refractivity contribution in [3.05, 3.63) is 68.0 Å². The summed E-state index contributed by atoms with van der Waals surface area (Å²) in [5, 5.41) is 14.4. The summed E-state index contributed by atoms with van der Waals surface area (Å²) in [5.41, 5.74) is 5.38. The van der Waals surface area contributed by atoms with Crippen molar-refractivity contribution in [2.45, 2.75) is 0 Å². The number of hydrogen-bond acceptors (Lipinski definition) is 4. The number of thiophene rings is 4. The van der Waals surface area contributed by atoms with E-state index in [0.717, 1.165) is 0 Å². The molecule has 1 aliphatic carbocycles. The summed E-state index contributed by atoms with van der Waals surface area (Å²) in [7, 11) is 0. The van der Waals surface area contributed by atoms with Crippen LogP contribution in [0.2, 0.25) is 0 Å². The van der Waals surface area contributed by atoms with Crippen LogP contribution in [0.25, 0.3) is 64.6 Å². The Morgan fingerprint density at radius 1 is 0.357 bits per heavy atom. The third kappa shape index (κ3) is 1.93. The number of rotatable bonds is 0. The van der Waals surface area contributed by atoms with Gasteiger partial charge in [0, 0.05) is 21.5 Å². The lowest BCUT2D eigenvalue weighted by Crippen LogP contribution is -1.90. The quantitative estimate of drug-likeness (QED) is 0.226. The predicted molar refractivity (Wildman–Crippen MR) is 132 cm³/mol. The molecule has 0 aliphatic heterocycles. The van der Waals surface area contributed by atoms with Gasteiger partial charge in [0.25, 0.3) is 0 Å². The molecular weight excluding hydrogens is 417 g/mol. The Bertz CT molecular complexity index is 1370. The smallest absolute Gasteiger partial charge is 0.0527 e. The van der Waals surface area contributed by atoms with E-state index in [2.05, 4.69) is 70.1 Å². The van der Waals surface area contributed by atoms with E-state index in [0.29, 0.717) is 0 Å². The first-order valence-corrected chi connectivity index (χ1v) is 12.6. The van der Waals surface area contributed by atoms with Crippen molar-refractivity contribution in [2.24, 2.45) is 0 Å². The number of hydrogen-bond donors (Lipinski definition) is 0. The van der Waals surface area contributed by atoms with Crippen LogP contribution in [0.5, 0.6) is 0 Å². The Labute approximate surface area is 177 Å². The molecule has 0 amide bonds. The van der Waals surface area contributed by atoms with E-state index in [4.69, 9.17) is 0 Å². The molecule has 0 nitrogen and oxygen atoms in total. The molecule has 0 N–H and O–H groups in total. The molecule has 1 aliphatic rings. The molecule has 4 heterocycles. The second kappa shape index (κ2) is 5.65. The van der Waals surface area contributed by atoms with Gasteiger partial charge in [-0.25, -0.2) is 0 Å². The van der Waals surface area contributed by atoms with Crippen molar-refractivity contribution in [1.82, 2.24) is 0 Å². The molecule has 28 heavy (non-hydrogen) atoms. The highest BCUT2D eigenvalue weighted by atomic mass is 32.1. The number of benzene rings is 2. The fraction of sp³-hybridized carbons (Fsp3) is 0. The van der Waals surface area contributed by atoms with Gasteiger partial charge in [-0.05, 0) is 68.0 Å². The van der Waals surface area contributed by atoms with E-state index < -0.39 is 0 Å². The zero-order chi connectivity index (χ0) is 18.2. The normalized spacial score (nSPS) is 15.7. The van der Waals surface area contributed by atoms with Crippen molar-refractivity contribution in [1.29, 1.82) is 0 Å². The predicted octanol–water partition coefficient (Wildman–Crippen LogP) is 9.20. The third-order valence-electron chi connectivity index (χ3n) is 5.65. The highest BCUT2D eigenvalue weighted by Gasteiger charge is 2.17. The van der Waals surface area contributed by atoms with E-state index in [-0.39, 0.29) is 0 Å². The lowest BCUT2D eigenvalue weighted by molar-refractivity contribution is 1.75. The minimum atomic E-state index is 1.35. The monoisotopic (exact) mass is 428 g/mol. The first kappa shape index (κ1) is 15.7. The van der Waals surface area contributed by atoms with E-state index in [1.54, 1.807) is 0 Å². The van der Waals surface area contributed by atoms with E-state index in [1.807, 2.05) is 45.3 Å². The largest absolute Gasteiger partial charge is 0.142 e. The molecule has 132 valence electrons. The molecule has 0 radical (unpaired) electrons. The van der Waals surface area contributed by atoms with Crippen molar-refractivity contribution in [3.63, 3.8) is 0 Å². The first-order chi connectivity index (χ1) is 13.9. The Balaban J connectivity index is 1.65. The molecule has 7 rings (SSSR count). The SMILES string of the molecule is C1=C\c2c(c3ccsc3c3sccc23)/C=C\c2c/1c1ccsc1c1sccc21. The van der Waals surface area contributed by atoms with Gasteiger partial charge < -0.3 is 0 Å². The van der Waals surface area contributed by atoms with Gasteiger partial charge in [0.15, 0.2) is 0 Å². The van der Waals surface area contributed by atoms with Gasteiger partial charge in [-0.15, -0.1) is 45.3 Å². The van der Waals surface area contributed by atoms with Gasteiger partial charge in [-0.2, -0.15) is 0 Å². The third-order valence-corrected chi connectivity index (χ3v) is 9.63. The topological polar surface area (TPSA) is 0 Å². The average molecular weight is 429 g/mol. The van der Waals surface area contributed by atoms with Crippen molar-refractivity contribution >= 4 is 110 Å². The number of fused-ring (bicyclic) bond motifs is 12. The van der Waals surface area contributed by atoms with Crippen LogP contribution in [-0.4, -0.2) is 0 Å². The first-order valence-electron chi connectivity index (χ1n) is 9.07. The summed E-state index contributed by atoms with van der Waals surface area (Å²) in [6.45, 7) is 0. The zero-order valence-corrected chi connectivity index (χ0v) is 17.8. The Hall–Kier alpha value is -2.24. The Kier molecular flexibility index (Phi) is 3.16. The van der Waals surface area contributed by atoms with Crippen LogP contribution in [-0.2, 0) is 0 Å². The molecule has 0 unspecified atom stereocenters. The lowest BCUT2D eigenvalue weighted by atomic mass is 9.92. The van der Waals surface area contributed by atoms with Crippen molar-refractivity contribution in [3.8, 4) is 0 Å². The van der Waals surface area contributed by atoms with Gasteiger partial charge in [-0.1, -0.05) is 24.3 Å². The Morgan fingerprint density at radius 3 is 0.857 bits per heavy atom. The minimum absolute atomic E-state index is 1.35. The summed E-state index contributed by atoms with van der Waals surface area (Å²) in [6.07, 6.45) is 9.39.